The number of rotatable bonds is 5. The van der Waals surface area contributed by atoms with Gasteiger partial charge in [0.1, 0.15) is 11.6 Å². The van der Waals surface area contributed by atoms with Crippen LogP contribution in [0.15, 0.2) is 54.9 Å². The summed E-state index contributed by atoms with van der Waals surface area (Å²) in [5.41, 5.74) is 1.88. The lowest BCUT2D eigenvalue weighted by Crippen LogP contribution is -2.14. The fourth-order valence-corrected chi connectivity index (χ4v) is 2.27. The summed E-state index contributed by atoms with van der Waals surface area (Å²) < 4.78 is 26.5. The van der Waals surface area contributed by atoms with Crippen LogP contribution in [-0.4, -0.2) is 30.0 Å². The summed E-state index contributed by atoms with van der Waals surface area (Å²) in [6.45, 7) is 0. The Morgan fingerprint density at radius 1 is 1.00 bits per heavy atom. The maximum absolute atomic E-state index is 13.6. The maximum atomic E-state index is 13.6. The number of anilines is 4. The Morgan fingerprint density at radius 2 is 1.67 bits per heavy atom. The molecule has 138 valence electrons. The number of nitrogens with one attached hydrogen (secondary N) is 2. The van der Waals surface area contributed by atoms with Crippen LogP contribution in [-0.2, 0) is 0 Å². The molecule has 0 unspecified atom stereocenters. The van der Waals surface area contributed by atoms with Gasteiger partial charge in [0, 0.05) is 43.9 Å². The van der Waals surface area contributed by atoms with Crippen molar-refractivity contribution in [1.29, 1.82) is 0 Å². The Labute approximate surface area is 154 Å². The molecule has 0 saturated heterocycles. The van der Waals surface area contributed by atoms with E-state index in [1.165, 1.54) is 12.4 Å². The lowest BCUT2D eigenvalue weighted by Gasteiger charge is -2.13. The third-order valence-corrected chi connectivity index (χ3v) is 3.73. The number of aromatic nitrogens is 2. The molecule has 1 aromatic heterocycles. The zero-order valence-electron chi connectivity index (χ0n) is 14.7. The molecule has 27 heavy (non-hydrogen) atoms. The monoisotopic (exact) mass is 369 g/mol. The highest BCUT2D eigenvalue weighted by molar-refractivity contribution is 6.03. The predicted octanol–water partition coefficient (Wildman–Crippen LogP) is 3.82. The lowest BCUT2D eigenvalue weighted by atomic mass is 10.2. The van der Waals surface area contributed by atoms with E-state index in [9.17, 15) is 13.6 Å². The Morgan fingerprint density at radius 3 is 2.26 bits per heavy atom. The van der Waals surface area contributed by atoms with E-state index in [0.717, 1.165) is 23.5 Å². The van der Waals surface area contributed by atoms with Crippen LogP contribution in [0.4, 0.5) is 31.8 Å². The van der Waals surface area contributed by atoms with Gasteiger partial charge in [0.05, 0.1) is 11.3 Å². The molecule has 0 radical (unpaired) electrons. The van der Waals surface area contributed by atoms with E-state index < -0.39 is 17.5 Å². The number of halogens is 2. The molecule has 0 atom stereocenters. The third kappa shape index (κ3) is 4.55. The van der Waals surface area contributed by atoms with Gasteiger partial charge in [-0.05, 0) is 36.4 Å². The zero-order valence-corrected chi connectivity index (χ0v) is 14.7. The van der Waals surface area contributed by atoms with Crippen LogP contribution < -0.4 is 15.5 Å². The molecule has 2 aromatic carbocycles. The van der Waals surface area contributed by atoms with Crippen molar-refractivity contribution in [2.45, 2.75) is 0 Å². The molecule has 3 rings (SSSR count). The van der Waals surface area contributed by atoms with Crippen LogP contribution in [0.5, 0.6) is 0 Å². The number of nitrogens with zero attached hydrogens (tertiary/aromatic N) is 3. The average Bonchev–Trinajstić information content (AvgIpc) is 2.65. The summed E-state index contributed by atoms with van der Waals surface area (Å²) in [5, 5.41) is 5.38. The van der Waals surface area contributed by atoms with Crippen molar-refractivity contribution in [2.75, 3.05) is 29.6 Å². The molecule has 6 nitrogen and oxygen atoms in total. The van der Waals surface area contributed by atoms with Gasteiger partial charge in [-0.3, -0.25) is 4.79 Å². The first-order chi connectivity index (χ1) is 12.9. The van der Waals surface area contributed by atoms with E-state index in [-0.39, 0.29) is 11.3 Å². The van der Waals surface area contributed by atoms with E-state index in [4.69, 9.17) is 0 Å². The number of carbonyl (C=O) groups is 1. The SMILES string of the molecule is CN(C)c1ccc(Nc2ncc(C(=O)Nc3ccc(F)cc3F)cn2)cc1. The van der Waals surface area contributed by atoms with Crippen molar-refractivity contribution < 1.29 is 13.6 Å². The summed E-state index contributed by atoms with van der Waals surface area (Å²) in [6.07, 6.45) is 2.64. The fraction of sp³-hybridized carbons (Fsp3) is 0.105. The van der Waals surface area contributed by atoms with Crippen molar-refractivity contribution in [1.82, 2.24) is 9.97 Å². The van der Waals surface area contributed by atoms with Crippen molar-refractivity contribution >= 4 is 28.9 Å². The second-order valence-corrected chi connectivity index (χ2v) is 5.94. The number of amides is 1. The van der Waals surface area contributed by atoms with Crippen LogP contribution in [0.2, 0.25) is 0 Å². The molecular weight excluding hydrogens is 352 g/mol. The summed E-state index contributed by atoms with van der Waals surface area (Å²) in [7, 11) is 3.90. The molecule has 0 saturated carbocycles. The second-order valence-electron chi connectivity index (χ2n) is 5.94. The molecule has 0 spiro atoms. The molecule has 0 fully saturated rings. The zero-order chi connectivity index (χ0) is 19.4. The van der Waals surface area contributed by atoms with Crippen molar-refractivity contribution in [2.24, 2.45) is 0 Å². The Balaban J connectivity index is 1.66. The van der Waals surface area contributed by atoms with Crippen LogP contribution in [0.25, 0.3) is 0 Å². The minimum atomic E-state index is -0.858. The van der Waals surface area contributed by atoms with Gasteiger partial charge in [0.2, 0.25) is 5.95 Å². The van der Waals surface area contributed by atoms with E-state index >= 15 is 0 Å². The Bertz CT molecular complexity index is 943. The summed E-state index contributed by atoms with van der Waals surface area (Å²) in [4.78, 5) is 22.3. The Kier molecular flexibility index (Phi) is 5.25. The molecule has 0 aliphatic heterocycles. The predicted molar refractivity (Wildman–Crippen MR) is 100 cm³/mol. The summed E-state index contributed by atoms with van der Waals surface area (Å²) in [6, 6.07) is 10.6. The van der Waals surface area contributed by atoms with Crippen molar-refractivity contribution in [3.8, 4) is 0 Å². The summed E-state index contributed by atoms with van der Waals surface area (Å²) in [5.74, 6) is -1.86. The largest absolute Gasteiger partial charge is 0.378 e. The number of carbonyl (C=O) groups excluding carboxylic acids is 1. The van der Waals surface area contributed by atoms with E-state index in [2.05, 4.69) is 20.6 Å². The van der Waals surface area contributed by atoms with Crippen molar-refractivity contribution in [3.63, 3.8) is 0 Å². The van der Waals surface area contributed by atoms with Gasteiger partial charge in [-0.15, -0.1) is 0 Å². The smallest absolute Gasteiger partial charge is 0.258 e. The Hall–Kier alpha value is -3.55. The molecule has 0 bridgehead atoms. The van der Waals surface area contributed by atoms with E-state index in [1.54, 1.807) is 0 Å². The van der Waals surface area contributed by atoms with Gasteiger partial charge in [-0.1, -0.05) is 0 Å². The van der Waals surface area contributed by atoms with Gasteiger partial charge in [-0.25, -0.2) is 18.7 Å². The molecule has 2 N–H and O–H groups in total. The normalized spacial score (nSPS) is 10.4. The van der Waals surface area contributed by atoms with Gasteiger partial charge in [0.15, 0.2) is 0 Å². The molecule has 1 heterocycles. The van der Waals surface area contributed by atoms with Crippen LogP contribution in [0.1, 0.15) is 10.4 Å². The topological polar surface area (TPSA) is 70.2 Å². The van der Waals surface area contributed by atoms with Gasteiger partial charge in [0.25, 0.3) is 5.91 Å². The van der Waals surface area contributed by atoms with Gasteiger partial charge in [-0.2, -0.15) is 0 Å². The molecule has 0 aliphatic rings. The second kappa shape index (κ2) is 7.77. The minimum absolute atomic E-state index is 0.121. The third-order valence-electron chi connectivity index (χ3n) is 3.73. The average molecular weight is 369 g/mol. The van der Waals surface area contributed by atoms with Crippen LogP contribution >= 0.6 is 0 Å². The quantitative estimate of drug-likeness (QED) is 0.716. The first-order valence-electron chi connectivity index (χ1n) is 8.05. The number of benzene rings is 2. The molecule has 8 heteroatoms. The molecule has 3 aromatic rings. The molecule has 1 amide bonds. The number of hydrogen-bond acceptors (Lipinski definition) is 5. The highest BCUT2D eigenvalue weighted by Crippen LogP contribution is 2.19. The number of hydrogen-bond donors (Lipinski definition) is 2. The highest BCUT2D eigenvalue weighted by Gasteiger charge is 2.11. The first-order valence-corrected chi connectivity index (χ1v) is 8.05. The molecule has 0 aliphatic carbocycles. The highest BCUT2D eigenvalue weighted by atomic mass is 19.1. The van der Waals surface area contributed by atoms with Gasteiger partial charge < -0.3 is 15.5 Å². The summed E-state index contributed by atoms with van der Waals surface area (Å²) >= 11 is 0. The van der Waals surface area contributed by atoms with Crippen LogP contribution in [0.3, 0.4) is 0 Å². The first kappa shape index (κ1) is 18.2. The lowest BCUT2D eigenvalue weighted by molar-refractivity contribution is 0.102. The van der Waals surface area contributed by atoms with Crippen LogP contribution in [0, 0.1) is 11.6 Å². The fourth-order valence-electron chi connectivity index (χ4n) is 2.27. The van der Waals surface area contributed by atoms with E-state index in [0.29, 0.717) is 12.0 Å². The standard InChI is InChI=1S/C19H17F2N5O/c1-26(2)15-6-4-14(5-7-15)24-19-22-10-12(11-23-19)18(27)25-17-8-3-13(20)9-16(17)21/h3-11H,1-2H3,(H,25,27)(H,22,23,24). The minimum Gasteiger partial charge on any atom is -0.378 e. The molecular formula is C19H17F2N5O. The van der Waals surface area contributed by atoms with Crippen molar-refractivity contribution in [3.05, 3.63) is 72.1 Å². The van der Waals surface area contributed by atoms with E-state index in [1.807, 2.05) is 43.3 Å². The van der Waals surface area contributed by atoms with Gasteiger partial charge >= 0.3 is 0 Å². The maximum Gasteiger partial charge on any atom is 0.258 e.